The van der Waals surface area contributed by atoms with Gasteiger partial charge in [-0.05, 0) is 24.6 Å². The summed E-state index contributed by atoms with van der Waals surface area (Å²) in [6, 6.07) is 3.25. The smallest absolute Gasteiger partial charge is 0.276 e. The summed E-state index contributed by atoms with van der Waals surface area (Å²) in [7, 11) is 0. The Morgan fingerprint density at radius 2 is 2.00 bits per heavy atom. The minimum Gasteiger partial charge on any atom is -0.318 e. The molecule has 1 aromatic carbocycles. The first kappa shape index (κ1) is 27.3. The van der Waals surface area contributed by atoms with Crippen LogP contribution in [0, 0.1) is 42.2 Å². The van der Waals surface area contributed by atoms with E-state index in [1.807, 2.05) is 0 Å². The number of fused-ring (bicyclic) bond motifs is 1. The Balaban J connectivity index is 1.17. The third-order valence-electron chi connectivity index (χ3n) is 6.90. The molecule has 0 radical (unpaired) electrons. The highest BCUT2D eigenvalue weighted by Crippen LogP contribution is 2.36. The number of carbonyl (C=O) groups excluding carboxylic acids is 2. The van der Waals surface area contributed by atoms with Crippen LogP contribution in [0.2, 0.25) is 5.02 Å². The molecule has 42 heavy (non-hydrogen) atoms. The summed E-state index contributed by atoms with van der Waals surface area (Å²) in [5.74, 6) is 2.35. The van der Waals surface area contributed by atoms with Crippen molar-refractivity contribution in [1.29, 1.82) is 0 Å². The lowest BCUT2D eigenvalue weighted by molar-refractivity contribution is -0.119. The first-order valence-electron chi connectivity index (χ1n) is 12.5. The monoisotopic (exact) mass is 595 g/mol. The van der Waals surface area contributed by atoms with Crippen LogP contribution >= 0.6 is 11.6 Å². The number of rotatable bonds is 7. The summed E-state index contributed by atoms with van der Waals surface area (Å²) in [6.07, 6.45) is 2.30. The Hall–Kier alpha value is -4.83. The van der Waals surface area contributed by atoms with E-state index >= 15 is 0 Å². The number of amides is 2. The fraction of sp³-hybridized carbons (Fsp3) is 0.214. The number of alkyl halides is 2. The molecule has 2 aliphatic rings. The largest absolute Gasteiger partial charge is 0.318 e. The lowest BCUT2D eigenvalue weighted by atomic mass is 9.89. The van der Waals surface area contributed by atoms with E-state index in [2.05, 4.69) is 37.2 Å². The van der Waals surface area contributed by atoms with Crippen LogP contribution in [-0.4, -0.2) is 43.1 Å². The van der Waals surface area contributed by atoms with E-state index < -0.39 is 41.0 Å². The van der Waals surface area contributed by atoms with Crippen LogP contribution < -0.4 is 10.2 Å². The average Bonchev–Trinajstić information content (AvgIpc) is 3.45. The van der Waals surface area contributed by atoms with Crippen molar-refractivity contribution >= 4 is 34.9 Å². The number of nitrogens with zero attached hydrogens (tertiary/aromatic N) is 6. The molecular weight excluding hydrogens is 578 g/mol. The Labute approximate surface area is 240 Å². The standard InChI is InChI=1S/C28H18ClF4N7O2/c1-13-24(38-21(9-34-13)22-18(25(32)33)4-5-19(29)23(22)31)27(41)37-16-8-36-39(12-16)10-14-6-20(30)26(35-7-14)40-11-15-2-3-17(15)28(40)42/h4-9,12,15,17,25H,10-11H2,1H3,(H,37,41)/t15-,17-/m1/s1. The van der Waals surface area contributed by atoms with Gasteiger partial charge >= 0.3 is 0 Å². The molecular formula is C28H18ClF4N7O2. The van der Waals surface area contributed by atoms with Gasteiger partial charge in [0.1, 0.15) is 11.6 Å². The minimum absolute atomic E-state index is 0.0628. The van der Waals surface area contributed by atoms with Crippen LogP contribution in [0.4, 0.5) is 29.1 Å². The van der Waals surface area contributed by atoms with Crippen molar-refractivity contribution in [2.24, 2.45) is 11.8 Å². The number of halogens is 5. The topological polar surface area (TPSA) is 106 Å². The molecule has 1 saturated heterocycles. The SMILES string of the molecule is Cc1ncc(-c2c(C(F)F)ccc(Cl)c2F)nc1C(=O)Nc1cnn(Cc2cnc(N3C[C@H]4C#C[C@H]4C3=O)c(F)c2)c1. The van der Waals surface area contributed by atoms with Gasteiger partial charge in [-0.3, -0.25) is 24.2 Å². The molecule has 14 heteroatoms. The molecule has 0 saturated carbocycles. The van der Waals surface area contributed by atoms with Gasteiger partial charge in [-0.2, -0.15) is 5.10 Å². The minimum atomic E-state index is -3.02. The quantitative estimate of drug-likeness (QED) is 0.243. The van der Waals surface area contributed by atoms with Crippen molar-refractivity contribution in [3.63, 3.8) is 0 Å². The Bertz CT molecular complexity index is 1830. The van der Waals surface area contributed by atoms with E-state index in [9.17, 15) is 27.2 Å². The lowest BCUT2D eigenvalue weighted by Crippen LogP contribution is -2.28. The summed E-state index contributed by atoms with van der Waals surface area (Å²) in [5, 5.41) is 6.36. The molecule has 4 aromatic rings. The van der Waals surface area contributed by atoms with Crippen molar-refractivity contribution in [3.05, 3.63) is 82.2 Å². The normalized spacial score (nSPS) is 17.1. The molecule has 1 N–H and O–H groups in total. The summed E-state index contributed by atoms with van der Waals surface area (Å²) < 4.78 is 58.2. The van der Waals surface area contributed by atoms with Gasteiger partial charge in [0, 0.05) is 30.1 Å². The second kappa shape index (κ2) is 10.5. The molecule has 0 bridgehead atoms. The zero-order valence-electron chi connectivity index (χ0n) is 21.6. The predicted octanol–water partition coefficient (Wildman–Crippen LogP) is 4.81. The van der Waals surface area contributed by atoms with E-state index in [1.54, 1.807) is 0 Å². The van der Waals surface area contributed by atoms with Gasteiger partial charge in [0.15, 0.2) is 17.5 Å². The third-order valence-corrected chi connectivity index (χ3v) is 7.19. The zero-order valence-corrected chi connectivity index (χ0v) is 22.3. The average molecular weight is 596 g/mol. The first-order valence-corrected chi connectivity index (χ1v) is 12.9. The van der Waals surface area contributed by atoms with Crippen LogP contribution in [0.1, 0.15) is 33.7 Å². The van der Waals surface area contributed by atoms with Gasteiger partial charge in [-0.1, -0.05) is 29.5 Å². The summed E-state index contributed by atoms with van der Waals surface area (Å²) >= 11 is 5.80. The van der Waals surface area contributed by atoms with Gasteiger partial charge in [-0.15, -0.1) is 0 Å². The number of pyridine rings is 1. The molecule has 1 fully saturated rings. The number of benzene rings is 1. The molecule has 6 rings (SSSR count). The van der Waals surface area contributed by atoms with E-state index in [0.29, 0.717) is 12.1 Å². The number of carbonyl (C=O) groups is 2. The fourth-order valence-electron chi connectivity index (χ4n) is 4.75. The highest BCUT2D eigenvalue weighted by atomic mass is 35.5. The number of hydrogen-bond donors (Lipinski definition) is 1. The molecule has 212 valence electrons. The highest BCUT2D eigenvalue weighted by Gasteiger charge is 2.44. The van der Waals surface area contributed by atoms with Crippen LogP contribution in [0.15, 0.2) is 43.0 Å². The van der Waals surface area contributed by atoms with Gasteiger partial charge in [0.05, 0.1) is 47.0 Å². The van der Waals surface area contributed by atoms with Crippen molar-refractivity contribution in [2.45, 2.75) is 19.9 Å². The molecule has 2 atom stereocenters. The Morgan fingerprint density at radius 1 is 1.19 bits per heavy atom. The van der Waals surface area contributed by atoms with Crippen LogP contribution in [-0.2, 0) is 11.3 Å². The molecule has 2 amide bonds. The van der Waals surface area contributed by atoms with Crippen LogP contribution in [0.3, 0.4) is 0 Å². The molecule has 3 aromatic heterocycles. The van der Waals surface area contributed by atoms with E-state index in [-0.39, 0.29) is 52.0 Å². The third kappa shape index (κ3) is 4.83. The maximum Gasteiger partial charge on any atom is 0.276 e. The molecule has 9 nitrogen and oxygen atoms in total. The molecule has 4 heterocycles. The second-order valence-corrected chi connectivity index (χ2v) is 10.1. The van der Waals surface area contributed by atoms with E-state index in [4.69, 9.17) is 11.6 Å². The molecule has 1 aliphatic heterocycles. The molecule has 0 spiro atoms. The predicted molar refractivity (Wildman–Crippen MR) is 143 cm³/mol. The van der Waals surface area contributed by atoms with Crippen molar-refractivity contribution in [2.75, 3.05) is 16.8 Å². The Morgan fingerprint density at radius 3 is 2.67 bits per heavy atom. The lowest BCUT2D eigenvalue weighted by Gasteiger charge is -2.15. The number of aryl methyl sites for hydroxylation is 1. The highest BCUT2D eigenvalue weighted by molar-refractivity contribution is 6.31. The van der Waals surface area contributed by atoms with Crippen molar-refractivity contribution < 1.29 is 27.2 Å². The van der Waals surface area contributed by atoms with Crippen LogP contribution in [0.5, 0.6) is 0 Å². The van der Waals surface area contributed by atoms with Gasteiger partial charge in [-0.25, -0.2) is 27.5 Å². The fourth-order valence-corrected chi connectivity index (χ4v) is 4.91. The maximum absolute atomic E-state index is 14.9. The number of hydrogen-bond acceptors (Lipinski definition) is 6. The van der Waals surface area contributed by atoms with E-state index in [0.717, 1.165) is 18.3 Å². The number of anilines is 2. The number of aromatic nitrogens is 5. The van der Waals surface area contributed by atoms with Gasteiger partial charge < -0.3 is 5.32 Å². The Kier molecular flexibility index (Phi) is 6.86. The molecule has 0 unspecified atom stereocenters. The molecule has 1 aliphatic carbocycles. The maximum atomic E-state index is 14.9. The second-order valence-electron chi connectivity index (χ2n) is 9.67. The van der Waals surface area contributed by atoms with Crippen molar-refractivity contribution in [1.82, 2.24) is 24.7 Å². The zero-order chi connectivity index (χ0) is 29.7. The summed E-state index contributed by atoms with van der Waals surface area (Å²) in [4.78, 5) is 39.0. The summed E-state index contributed by atoms with van der Waals surface area (Å²) in [5.41, 5.74) is -0.832. The van der Waals surface area contributed by atoms with Gasteiger partial charge in [0.2, 0.25) is 5.91 Å². The first-order chi connectivity index (χ1) is 20.1. The van der Waals surface area contributed by atoms with Crippen LogP contribution in [0.25, 0.3) is 11.3 Å². The number of nitrogens with one attached hydrogen (secondary N) is 1. The van der Waals surface area contributed by atoms with Crippen molar-refractivity contribution in [3.8, 4) is 23.1 Å². The van der Waals surface area contributed by atoms with E-state index in [1.165, 1.54) is 41.2 Å². The van der Waals surface area contributed by atoms with Gasteiger partial charge in [0.25, 0.3) is 12.3 Å². The summed E-state index contributed by atoms with van der Waals surface area (Å²) in [6.45, 7) is 1.88.